The molecule has 5 heteroatoms. The maximum atomic E-state index is 12.3. The molecule has 0 atom stereocenters. The lowest BCUT2D eigenvalue weighted by atomic mass is 10.1. The van der Waals surface area contributed by atoms with Crippen LogP contribution in [0.15, 0.2) is 39.5 Å². The number of nitrogens with one attached hydrogen (secondary N) is 1. The van der Waals surface area contributed by atoms with Crippen LogP contribution in [-0.2, 0) is 6.42 Å². The number of H-pyrrole nitrogens is 1. The van der Waals surface area contributed by atoms with Crippen LogP contribution in [0, 0.1) is 13.8 Å². The first-order valence-electron chi connectivity index (χ1n) is 7.87. The van der Waals surface area contributed by atoms with Gasteiger partial charge in [0.25, 0.3) is 0 Å². The molecule has 0 aliphatic carbocycles. The van der Waals surface area contributed by atoms with Crippen molar-refractivity contribution in [2.24, 2.45) is 0 Å². The Kier molecular flexibility index (Phi) is 4.25. The third kappa shape index (κ3) is 3.11. The Hall–Kier alpha value is -2.82. The molecule has 2 heterocycles. The Bertz CT molecular complexity index is 965. The molecule has 0 saturated heterocycles. The molecule has 0 aliphatic rings. The number of hydrogen-bond donors (Lipinski definition) is 1. The molecule has 0 bridgehead atoms. The Morgan fingerprint density at radius 3 is 2.67 bits per heavy atom. The lowest BCUT2D eigenvalue weighted by Crippen LogP contribution is -2.12. The SMILES string of the molecule is CCc1cc(=O)oc2cc(OCC(=O)c3cc(C)[nH]c3C)ccc12. The van der Waals surface area contributed by atoms with E-state index in [0.717, 1.165) is 28.8 Å². The number of aromatic nitrogens is 1. The summed E-state index contributed by atoms with van der Waals surface area (Å²) in [5.41, 5.74) is 3.42. The van der Waals surface area contributed by atoms with Gasteiger partial charge in [0.05, 0.1) is 0 Å². The zero-order chi connectivity index (χ0) is 17.3. The summed E-state index contributed by atoms with van der Waals surface area (Å²) in [5, 5.41) is 0.882. The summed E-state index contributed by atoms with van der Waals surface area (Å²) in [7, 11) is 0. The number of benzene rings is 1. The third-order valence-corrected chi connectivity index (χ3v) is 4.00. The predicted molar refractivity (Wildman–Crippen MR) is 92.0 cm³/mol. The van der Waals surface area contributed by atoms with Crippen LogP contribution < -0.4 is 10.4 Å². The second kappa shape index (κ2) is 6.35. The van der Waals surface area contributed by atoms with Crippen molar-refractivity contribution in [1.82, 2.24) is 4.98 Å². The van der Waals surface area contributed by atoms with E-state index in [2.05, 4.69) is 4.98 Å². The average molecular weight is 325 g/mol. The molecule has 3 aromatic rings. The number of aromatic amines is 1. The minimum atomic E-state index is -0.383. The van der Waals surface area contributed by atoms with Gasteiger partial charge in [-0.15, -0.1) is 0 Å². The van der Waals surface area contributed by atoms with Gasteiger partial charge in [0.2, 0.25) is 5.78 Å². The molecular formula is C19H19NO4. The third-order valence-electron chi connectivity index (χ3n) is 4.00. The van der Waals surface area contributed by atoms with E-state index in [4.69, 9.17) is 9.15 Å². The highest BCUT2D eigenvalue weighted by molar-refractivity contribution is 5.98. The number of aryl methyl sites for hydroxylation is 3. The number of carbonyl (C=O) groups excluding carboxylic acids is 1. The first-order valence-corrected chi connectivity index (χ1v) is 7.87. The van der Waals surface area contributed by atoms with E-state index in [1.807, 2.05) is 32.9 Å². The van der Waals surface area contributed by atoms with E-state index in [0.29, 0.717) is 16.9 Å². The van der Waals surface area contributed by atoms with Gasteiger partial charge in [-0.2, -0.15) is 0 Å². The van der Waals surface area contributed by atoms with Gasteiger partial charge in [-0.05, 0) is 44.0 Å². The second-order valence-corrected chi connectivity index (χ2v) is 5.81. The summed E-state index contributed by atoms with van der Waals surface area (Å²) in [5.74, 6) is 0.401. The van der Waals surface area contributed by atoms with E-state index < -0.39 is 0 Å². The van der Waals surface area contributed by atoms with E-state index in [9.17, 15) is 9.59 Å². The fourth-order valence-electron chi connectivity index (χ4n) is 2.83. The summed E-state index contributed by atoms with van der Waals surface area (Å²) >= 11 is 0. The van der Waals surface area contributed by atoms with Crippen molar-refractivity contribution in [3.05, 3.63) is 63.3 Å². The van der Waals surface area contributed by atoms with E-state index in [1.165, 1.54) is 6.07 Å². The standard InChI is InChI=1S/C19H19NO4/c1-4-13-8-19(22)24-18-9-14(5-6-15(13)18)23-10-17(21)16-7-11(2)20-12(16)3/h5-9,20H,4,10H2,1-3H3. The largest absolute Gasteiger partial charge is 0.485 e. The van der Waals surface area contributed by atoms with Gasteiger partial charge in [0.1, 0.15) is 11.3 Å². The van der Waals surface area contributed by atoms with Crippen LogP contribution in [0.25, 0.3) is 11.0 Å². The van der Waals surface area contributed by atoms with Crippen molar-refractivity contribution in [2.75, 3.05) is 6.61 Å². The van der Waals surface area contributed by atoms with Crippen LogP contribution in [0.5, 0.6) is 5.75 Å². The second-order valence-electron chi connectivity index (χ2n) is 5.81. The summed E-state index contributed by atoms with van der Waals surface area (Å²) in [4.78, 5) is 27.0. The highest BCUT2D eigenvalue weighted by Crippen LogP contribution is 2.23. The summed E-state index contributed by atoms with van der Waals surface area (Å²) < 4.78 is 10.8. The minimum absolute atomic E-state index is 0.0681. The van der Waals surface area contributed by atoms with Crippen molar-refractivity contribution in [1.29, 1.82) is 0 Å². The highest BCUT2D eigenvalue weighted by Gasteiger charge is 2.13. The lowest BCUT2D eigenvalue weighted by Gasteiger charge is -2.07. The molecule has 3 rings (SSSR count). The van der Waals surface area contributed by atoms with Crippen LogP contribution in [0.4, 0.5) is 0 Å². The molecule has 0 spiro atoms. The molecule has 5 nitrogen and oxygen atoms in total. The Labute approximate surface area is 139 Å². The predicted octanol–water partition coefficient (Wildman–Crippen LogP) is 3.56. The normalized spacial score (nSPS) is 11.0. The van der Waals surface area contributed by atoms with Gasteiger partial charge in [0.15, 0.2) is 6.61 Å². The number of ketones is 1. The molecule has 0 fully saturated rings. The highest BCUT2D eigenvalue weighted by atomic mass is 16.5. The molecule has 0 amide bonds. The van der Waals surface area contributed by atoms with Crippen molar-refractivity contribution in [3.8, 4) is 5.75 Å². The molecule has 0 aliphatic heterocycles. The molecule has 0 saturated carbocycles. The molecule has 0 radical (unpaired) electrons. The molecular weight excluding hydrogens is 306 g/mol. The molecule has 24 heavy (non-hydrogen) atoms. The minimum Gasteiger partial charge on any atom is -0.485 e. The van der Waals surface area contributed by atoms with Gasteiger partial charge in [-0.3, -0.25) is 4.79 Å². The van der Waals surface area contributed by atoms with E-state index in [1.54, 1.807) is 12.1 Å². The van der Waals surface area contributed by atoms with E-state index in [-0.39, 0.29) is 18.0 Å². The molecule has 0 unspecified atom stereocenters. The molecule has 1 N–H and O–H groups in total. The Morgan fingerprint density at radius 2 is 2.00 bits per heavy atom. The quantitative estimate of drug-likeness (QED) is 0.575. The van der Waals surface area contributed by atoms with Crippen molar-refractivity contribution in [2.45, 2.75) is 27.2 Å². The number of hydrogen-bond acceptors (Lipinski definition) is 4. The monoisotopic (exact) mass is 325 g/mol. The number of Topliss-reactive ketones (excluding diaryl/α,β-unsaturated/α-hetero) is 1. The smallest absolute Gasteiger partial charge is 0.336 e. The summed E-state index contributed by atoms with van der Waals surface area (Å²) in [6.07, 6.45) is 0.743. The Morgan fingerprint density at radius 1 is 1.21 bits per heavy atom. The maximum Gasteiger partial charge on any atom is 0.336 e. The topological polar surface area (TPSA) is 72.3 Å². The summed E-state index contributed by atoms with van der Waals surface area (Å²) in [6.45, 7) is 5.68. The molecule has 124 valence electrons. The van der Waals surface area contributed by atoms with Crippen LogP contribution in [0.2, 0.25) is 0 Å². The van der Waals surface area contributed by atoms with Gasteiger partial charge >= 0.3 is 5.63 Å². The lowest BCUT2D eigenvalue weighted by molar-refractivity contribution is 0.0921. The average Bonchev–Trinajstić information content (AvgIpc) is 2.89. The van der Waals surface area contributed by atoms with Gasteiger partial charge in [-0.1, -0.05) is 6.92 Å². The van der Waals surface area contributed by atoms with Crippen molar-refractivity contribution in [3.63, 3.8) is 0 Å². The zero-order valence-electron chi connectivity index (χ0n) is 13.9. The molecule has 2 aromatic heterocycles. The fourth-order valence-corrected chi connectivity index (χ4v) is 2.83. The number of carbonyl (C=O) groups is 1. The zero-order valence-corrected chi connectivity index (χ0v) is 13.9. The number of rotatable bonds is 5. The van der Waals surface area contributed by atoms with E-state index >= 15 is 0 Å². The van der Waals surface area contributed by atoms with Crippen LogP contribution in [0.3, 0.4) is 0 Å². The van der Waals surface area contributed by atoms with Gasteiger partial charge < -0.3 is 14.1 Å². The van der Waals surface area contributed by atoms with Crippen LogP contribution >= 0.6 is 0 Å². The van der Waals surface area contributed by atoms with Gasteiger partial charge in [0, 0.05) is 34.5 Å². The first-order chi connectivity index (χ1) is 11.5. The van der Waals surface area contributed by atoms with Crippen LogP contribution in [0.1, 0.15) is 34.2 Å². The first kappa shape index (κ1) is 16.1. The van der Waals surface area contributed by atoms with Crippen molar-refractivity contribution >= 4 is 16.8 Å². The van der Waals surface area contributed by atoms with Gasteiger partial charge in [-0.25, -0.2) is 4.79 Å². The number of fused-ring (bicyclic) bond motifs is 1. The number of ether oxygens (including phenoxy) is 1. The summed E-state index contributed by atoms with van der Waals surface area (Å²) in [6, 6.07) is 8.60. The van der Waals surface area contributed by atoms with Crippen LogP contribution in [-0.4, -0.2) is 17.4 Å². The van der Waals surface area contributed by atoms with Crippen molar-refractivity contribution < 1.29 is 13.9 Å². The molecule has 1 aromatic carbocycles. The maximum absolute atomic E-state index is 12.3. The fraction of sp³-hybridized carbons (Fsp3) is 0.263. The Balaban J connectivity index is 1.82.